The van der Waals surface area contributed by atoms with E-state index in [1.807, 2.05) is 24.3 Å². The van der Waals surface area contributed by atoms with Crippen LogP contribution in [0.5, 0.6) is 0 Å². The highest BCUT2D eigenvalue weighted by Crippen LogP contribution is 2.24. The van der Waals surface area contributed by atoms with Gasteiger partial charge in [-0.1, -0.05) is 42.5 Å². The number of hydrogen-bond donors (Lipinski definition) is 1. The first-order chi connectivity index (χ1) is 15.7. The van der Waals surface area contributed by atoms with E-state index in [0.29, 0.717) is 31.9 Å². The van der Waals surface area contributed by atoms with Crippen LogP contribution in [0.15, 0.2) is 78.9 Å². The Morgan fingerprint density at radius 3 is 2.38 bits per heavy atom. The van der Waals surface area contributed by atoms with Crippen LogP contribution in [0.2, 0.25) is 0 Å². The van der Waals surface area contributed by atoms with Crippen LogP contribution in [-0.4, -0.2) is 47.3 Å². The van der Waals surface area contributed by atoms with E-state index < -0.39 is 0 Å². The molecule has 2 heterocycles. The molecular formula is C25H22FN5O. The first-order valence-corrected chi connectivity index (χ1v) is 10.5. The summed E-state index contributed by atoms with van der Waals surface area (Å²) < 4.78 is 13.3. The Bertz CT molecular complexity index is 1250. The predicted octanol–water partition coefficient (Wildman–Crippen LogP) is 4.79. The maximum atomic E-state index is 13.3. The van der Waals surface area contributed by atoms with Crippen LogP contribution < -0.4 is 10.2 Å². The molecule has 4 aromatic rings. The summed E-state index contributed by atoms with van der Waals surface area (Å²) in [4.78, 5) is 16.3. The lowest BCUT2D eigenvalue weighted by atomic mass is 10.1. The van der Waals surface area contributed by atoms with Gasteiger partial charge in [-0.2, -0.15) is 0 Å². The molecule has 1 aliphatic rings. The van der Waals surface area contributed by atoms with E-state index in [2.05, 4.69) is 50.7 Å². The Hall–Kier alpha value is -4.00. The predicted molar refractivity (Wildman–Crippen MR) is 124 cm³/mol. The zero-order valence-electron chi connectivity index (χ0n) is 17.4. The summed E-state index contributed by atoms with van der Waals surface area (Å²) in [5, 5.41) is 14.0. The molecule has 160 valence electrons. The first-order valence-electron chi connectivity index (χ1n) is 10.5. The maximum absolute atomic E-state index is 13.3. The SMILES string of the molecule is O=C(Nc1cccc(F)c1)N1CCN(c2ccc(-c3ccc4ccccc4c3)nn2)CC1. The van der Waals surface area contributed by atoms with Crippen molar-refractivity contribution in [1.29, 1.82) is 0 Å². The lowest BCUT2D eigenvalue weighted by Crippen LogP contribution is -2.50. The molecule has 0 unspecified atom stereocenters. The number of nitrogens with one attached hydrogen (secondary N) is 1. The van der Waals surface area contributed by atoms with E-state index >= 15 is 0 Å². The number of rotatable bonds is 3. The molecule has 1 N–H and O–H groups in total. The molecule has 0 saturated carbocycles. The third kappa shape index (κ3) is 4.23. The molecule has 32 heavy (non-hydrogen) atoms. The molecule has 6 nitrogen and oxygen atoms in total. The average molecular weight is 427 g/mol. The molecule has 0 radical (unpaired) electrons. The van der Waals surface area contributed by atoms with Gasteiger partial charge in [-0.3, -0.25) is 0 Å². The molecule has 1 aromatic heterocycles. The minimum atomic E-state index is -0.377. The number of carbonyl (C=O) groups excluding carboxylic acids is 1. The van der Waals surface area contributed by atoms with Gasteiger partial charge < -0.3 is 15.1 Å². The third-order valence-electron chi connectivity index (χ3n) is 5.66. The molecule has 0 bridgehead atoms. The number of piperazine rings is 1. The monoisotopic (exact) mass is 427 g/mol. The summed E-state index contributed by atoms with van der Waals surface area (Å²) in [5.74, 6) is 0.415. The molecular weight excluding hydrogens is 405 g/mol. The van der Waals surface area contributed by atoms with Gasteiger partial charge in [-0.15, -0.1) is 10.2 Å². The number of amides is 2. The Morgan fingerprint density at radius 2 is 1.62 bits per heavy atom. The van der Waals surface area contributed by atoms with Gasteiger partial charge in [0.1, 0.15) is 5.82 Å². The Labute approximate surface area is 185 Å². The van der Waals surface area contributed by atoms with Gasteiger partial charge in [0.15, 0.2) is 5.82 Å². The molecule has 3 aromatic carbocycles. The lowest BCUT2D eigenvalue weighted by Gasteiger charge is -2.35. The molecule has 1 aliphatic heterocycles. The average Bonchev–Trinajstić information content (AvgIpc) is 2.84. The minimum Gasteiger partial charge on any atom is -0.352 e. The molecule has 1 fully saturated rings. The fourth-order valence-electron chi connectivity index (χ4n) is 3.90. The molecule has 2 amide bonds. The number of carbonyl (C=O) groups is 1. The van der Waals surface area contributed by atoms with E-state index in [0.717, 1.165) is 17.1 Å². The largest absolute Gasteiger partial charge is 0.352 e. The number of aromatic nitrogens is 2. The maximum Gasteiger partial charge on any atom is 0.321 e. The molecule has 0 atom stereocenters. The van der Waals surface area contributed by atoms with Gasteiger partial charge in [0.05, 0.1) is 5.69 Å². The van der Waals surface area contributed by atoms with Crippen molar-refractivity contribution in [3.63, 3.8) is 0 Å². The zero-order valence-corrected chi connectivity index (χ0v) is 17.4. The van der Waals surface area contributed by atoms with Crippen LogP contribution in [-0.2, 0) is 0 Å². The minimum absolute atomic E-state index is 0.229. The van der Waals surface area contributed by atoms with Crippen molar-refractivity contribution in [3.05, 3.63) is 84.7 Å². The topological polar surface area (TPSA) is 61.4 Å². The van der Waals surface area contributed by atoms with Crippen LogP contribution >= 0.6 is 0 Å². The number of benzene rings is 3. The number of halogens is 1. The summed E-state index contributed by atoms with van der Waals surface area (Å²) in [6, 6.07) is 24.1. The smallest absolute Gasteiger partial charge is 0.321 e. The Kier molecular flexibility index (Phi) is 5.37. The quantitative estimate of drug-likeness (QED) is 0.511. The second-order valence-corrected chi connectivity index (χ2v) is 7.75. The normalized spacial score (nSPS) is 13.9. The van der Waals surface area contributed by atoms with E-state index in [9.17, 15) is 9.18 Å². The fourth-order valence-corrected chi connectivity index (χ4v) is 3.90. The van der Waals surface area contributed by atoms with Crippen molar-refractivity contribution >= 4 is 28.3 Å². The number of urea groups is 1. The number of anilines is 2. The molecule has 1 saturated heterocycles. The van der Waals surface area contributed by atoms with Crippen molar-refractivity contribution in [2.75, 3.05) is 36.4 Å². The lowest BCUT2D eigenvalue weighted by molar-refractivity contribution is 0.208. The summed E-state index contributed by atoms with van der Waals surface area (Å²) in [6.07, 6.45) is 0. The molecule has 0 aliphatic carbocycles. The van der Waals surface area contributed by atoms with Gasteiger partial charge in [0.2, 0.25) is 0 Å². The van der Waals surface area contributed by atoms with E-state index in [4.69, 9.17) is 0 Å². The highest BCUT2D eigenvalue weighted by molar-refractivity contribution is 5.89. The van der Waals surface area contributed by atoms with Crippen molar-refractivity contribution in [2.45, 2.75) is 0 Å². The van der Waals surface area contributed by atoms with Gasteiger partial charge in [-0.05, 0) is 47.2 Å². The van der Waals surface area contributed by atoms with Crippen LogP contribution in [0.3, 0.4) is 0 Å². The highest BCUT2D eigenvalue weighted by Gasteiger charge is 2.22. The van der Waals surface area contributed by atoms with Crippen molar-refractivity contribution in [1.82, 2.24) is 15.1 Å². The van der Waals surface area contributed by atoms with Gasteiger partial charge in [0.25, 0.3) is 0 Å². The highest BCUT2D eigenvalue weighted by atomic mass is 19.1. The summed E-state index contributed by atoms with van der Waals surface area (Å²) >= 11 is 0. The standard InChI is InChI=1S/C25H22FN5O/c26-21-6-3-7-22(17-21)27-25(32)31-14-12-30(13-15-31)24-11-10-23(28-29-24)20-9-8-18-4-1-2-5-19(18)16-20/h1-11,16-17H,12-15H2,(H,27,32). The van der Waals surface area contributed by atoms with Crippen molar-refractivity contribution in [3.8, 4) is 11.3 Å². The molecule has 0 spiro atoms. The fraction of sp³-hybridized carbons (Fsp3) is 0.160. The van der Waals surface area contributed by atoms with Gasteiger partial charge in [0, 0.05) is 37.4 Å². The second-order valence-electron chi connectivity index (χ2n) is 7.75. The van der Waals surface area contributed by atoms with Crippen LogP contribution in [0.4, 0.5) is 20.7 Å². The van der Waals surface area contributed by atoms with Crippen molar-refractivity contribution in [2.24, 2.45) is 0 Å². The molecule has 7 heteroatoms. The van der Waals surface area contributed by atoms with Crippen LogP contribution in [0, 0.1) is 5.82 Å². The zero-order chi connectivity index (χ0) is 21.9. The summed E-state index contributed by atoms with van der Waals surface area (Å²) in [6.45, 7) is 2.41. The van der Waals surface area contributed by atoms with E-state index in [-0.39, 0.29) is 11.8 Å². The number of fused-ring (bicyclic) bond motifs is 1. The van der Waals surface area contributed by atoms with Gasteiger partial charge in [-0.25, -0.2) is 9.18 Å². The van der Waals surface area contributed by atoms with Crippen LogP contribution in [0.25, 0.3) is 22.0 Å². The van der Waals surface area contributed by atoms with E-state index in [1.165, 1.54) is 22.9 Å². The molecule has 5 rings (SSSR count). The Balaban J connectivity index is 1.21. The second kappa shape index (κ2) is 8.63. The first kappa shape index (κ1) is 19.9. The van der Waals surface area contributed by atoms with Gasteiger partial charge >= 0.3 is 6.03 Å². The Morgan fingerprint density at radius 1 is 0.812 bits per heavy atom. The van der Waals surface area contributed by atoms with E-state index in [1.54, 1.807) is 17.0 Å². The summed E-state index contributed by atoms with van der Waals surface area (Å²) in [7, 11) is 0. The number of hydrogen-bond acceptors (Lipinski definition) is 4. The summed E-state index contributed by atoms with van der Waals surface area (Å²) in [5.41, 5.74) is 2.31. The van der Waals surface area contributed by atoms with Crippen LogP contribution in [0.1, 0.15) is 0 Å². The van der Waals surface area contributed by atoms with Crippen molar-refractivity contribution < 1.29 is 9.18 Å². The number of nitrogens with zero attached hydrogens (tertiary/aromatic N) is 4. The third-order valence-corrected chi connectivity index (χ3v) is 5.66.